The fourth-order valence-electron chi connectivity index (χ4n) is 3.25. The van der Waals surface area contributed by atoms with Crippen LogP contribution in [0.1, 0.15) is 61.9 Å². The Labute approximate surface area is 157 Å². The first kappa shape index (κ1) is 20.2. The zero-order valence-corrected chi connectivity index (χ0v) is 16.3. The van der Waals surface area contributed by atoms with E-state index in [4.69, 9.17) is 4.74 Å². The lowest BCUT2D eigenvalue weighted by Gasteiger charge is -2.23. The van der Waals surface area contributed by atoms with Gasteiger partial charge in [0.1, 0.15) is 0 Å². The lowest BCUT2D eigenvalue weighted by Crippen LogP contribution is -2.38. The molecule has 1 aromatic rings. The lowest BCUT2D eigenvalue weighted by molar-refractivity contribution is 0.0696. The number of halogens is 1. The first-order chi connectivity index (χ1) is 11.4. The molecule has 1 aliphatic heterocycles. The van der Waals surface area contributed by atoms with E-state index < -0.39 is 0 Å². The van der Waals surface area contributed by atoms with Crippen molar-refractivity contribution < 1.29 is 9.53 Å². The van der Waals surface area contributed by atoms with Crippen molar-refractivity contribution in [3.63, 3.8) is 0 Å². The summed E-state index contributed by atoms with van der Waals surface area (Å²) in [5.74, 6) is 0.590. The molecule has 1 aromatic carbocycles. The van der Waals surface area contributed by atoms with Crippen molar-refractivity contribution in [2.75, 3.05) is 19.8 Å². The Bertz CT molecular complexity index is 579. The molecular weight excluding hydrogens is 336 g/mol. The summed E-state index contributed by atoms with van der Waals surface area (Å²) >= 11 is 0. The number of ether oxygens (including phenoxy) is 1. The molecule has 0 bridgehead atoms. The molecule has 0 radical (unpaired) electrons. The van der Waals surface area contributed by atoms with E-state index in [1.807, 2.05) is 12.1 Å². The summed E-state index contributed by atoms with van der Waals surface area (Å²) in [4.78, 5) is 12.5. The van der Waals surface area contributed by atoms with Gasteiger partial charge in [-0.1, -0.05) is 32.9 Å². The lowest BCUT2D eigenvalue weighted by atomic mass is 9.97. The molecule has 1 heterocycles. The number of carbonyl (C=O) groups excluding carboxylic acids is 1. The second kappa shape index (κ2) is 8.52. The van der Waals surface area contributed by atoms with Crippen LogP contribution in [0, 0.1) is 5.41 Å². The molecular formula is C20H31ClN2O2. The molecule has 1 saturated carbocycles. The quantitative estimate of drug-likeness (QED) is 0.838. The summed E-state index contributed by atoms with van der Waals surface area (Å²) in [6.45, 7) is 9.26. The van der Waals surface area contributed by atoms with Gasteiger partial charge in [-0.2, -0.15) is 0 Å². The van der Waals surface area contributed by atoms with Gasteiger partial charge in [0.25, 0.3) is 5.91 Å². The van der Waals surface area contributed by atoms with E-state index in [-0.39, 0.29) is 24.4 Å². The van der Waals surface area contributed by atoms with Crippen LogP contribution in [0.15, 0.2) is 24.3 Å². The van der Waals surface area contributed by atoms with Crippen molar-refractivity contribution in [2.24, 2.45) is 5.41 Å². The number of benzene rings is 1. The van der Waals surface area contributed by atoms with Crippen molar-refractivity contribution in [3.05, 3.63) is 35.4 Å². The Morgan fingerprint density at radius 1 is 1.24 bits per heavy atom. The van der Waals surface area contributed by atoms with Crippen LogP contribution in [-0.4, -0.2) is 37.7 Å². The smallest absolute Gasteiger partial charge is 0.251 e. The predicted molar refractivity (Wildman–Crippen MR) is 104 cm³/mol. The molecule has 2 N–H and O–H groups in total. The maximum absolute atomic E-state index is 12.5. The van der Waals surface area contributed by atoms with E-state index in [0.717, 1.165) is 38.2 Å². The van der Waals surface area contributed by atoms with Crippen LogP contribution in [0.5, 0.6) is 0 Å². The van der Waals surface area contributed by atoms with Crippen molar-refractivity contribution >= 4 is 18.3 Å². The Morgan fingerprint density at radius 2 is 1.96 bits per heavy atom. The second-order valence-electron chi connectivity index (χ2n) is 8.38. The van der Waals surface area contributed by atoms with Crippen LogP contribution >= 0.6 is 12.4 Å². The maximum Gasteiger partial charge on any atom is 0.251 e. The minimum Gasteiger partial charge on any atom is -0.381 e. The summed E-state index contributed by atoms with van der Waals surface area (Å²) in [7, 11) is 0. The van der Waals surface area contributed by atoms with Crippen LogP contribution in [-0.2, 0) is 4.74 Å². The molecule has 25 heavy (non-hydrogen) atoms. The van der Waals surface area contributed by atoms with Gasteiger partial charge >= 0.3 is 0 Å². The van der Waals surface area contributed by atoms with Gasteiger partial charge in [0.15, 0.2) is 0 Å². The SMILES string of the molecule is CC(C)(C)CN[C@@H]1C[C@H]1c1cccc(C(=O)NC2CCOCC2)c1.Cl. The molecule has 2 fully saturated rings. The van der Waals surface area contributed by atoms with Gasteiger partial charge in [-0.05, 0) is 42.4 Å². The average molecular weight is 367 g/mol. The Balaban J connectivity index is 0.00000225. The van der Waals surface area contributed by atoms with E-state index in [1.165, 1.54) is 12.0 Å². The normalized spacial score (nSPS) is 23.6. The third kappa shape index (κ3) is 5.98. The minimum absolute atomic E-state index is 0. The van der Waals surface area contributed by atoms with E-state index in [2.05, 4.69) is 43.5 Å². The molecule has 2 atom stereocenters. The fraction of sp³-hybridized carbons (Fsp3) is 0.650. The molecule has 1 saturated heterocycles. The molecule has 3 rings (SSSR count). The average Bonchev–Trinajstić information content (AvgIpc) is 3.33. The third-order valence-corrected chi connectivity index (χ3v) is 4.82. The number of rotatable bonds is 5. The number of hydrogen-bond acceptors (Lipinski definition) is 3. The van der Waals surface area contributed by atoms with E-state index >= 15 is 0 Å². The van der Waals surface area contributed by atoms with Gasteiger partial charge in [-0.3, -0.25) is 4.79 Å². The van der Waals surface area contributed by atoms with E-state index in [0.29, 0.717) is 17.4 Å². The maximum atomic E-state index is 12.5. The number of hydrogen-bond donors (Lipinski definition) is 2. The largest absolute Gasteiger partial charge is 0.381 e. The monoisotopic (exact) mass is 366 g/mol. The number of nitrogens with one attached hydrogen (secondary N) is 2. The fourth-order valence-corrected chi connectivity index (χ4v) is 3.25. The highest BCUT2D eigenvalue weighted by Gasteiger charge is 2.38. The number of amides is 1. The van der Waals surface area contributed by atoms with Gasteiger partial charge < -0.3 is 15.4 Å². The van der Waals surface area contributed by atoms with Crippen molar-refractivity contribution in [1.29, 1.82) is 0 Å². The van der Waals surface area contributed by atoms with E-state index in [9.17, 15) is 4.79 Å². The van der Waals surface area contributed by atoms with Crippen molar-refractivity contribution in [3.8, 4) is 0 Å². The highest BCUT2D eigenvalue weighted by atomic mass is 35.5. The van der Waals surface area contributed by atoms with Crippen molar-refractivity contribution in [2.45, 2.75) is 58.0 Å². The summed E-state index contributed by atoms with van der Waals surface area (Å²) in [5, 5.41) is 6.79. The van der Waals surface area contributed by atoms with Gasteiger partial charge in [0, 0.05) is 43.3 Å². The van der Waals surface area contributed by atoms with Crippen LogP contribution in [0.4, 0.5) is 0 Å². The molecule has 2 aliphatic rings. The molecule has 1 aliphatic carbocycles. The zero-order chi connectivity index (χ0) is 17.2. The Morgan fingerprint density at radius 3 is 2.64 bits per heavy atom. The standard InChI is InChI=1S/C20H30N2O2.ClH/c1-20(2,3)13-21-18-12-17(18)14-5-4-6-15(11-14)19(23)22-16-7-9-24-10-8-16;/h4-6,11,16-18,21H,7-10,12-13H2,1-3H3,(H,22,23);1H/t17-,18+;/m0./s1. The molecule has 0 aromatic heterocycles. The Hall–Kier alpha value is -1.10. The molecule has 5 heteroatoms. The molecule has 4 nitrogen and oxygen atoms in total. The van der Waals surface area contributed by atoms with Gasteiger partial charge in [0.2, 0.25) is 0 Å². The summed E-state index contributed by atoms with van der Waals surface area (Å²) in [6.07, 6.45) is 2.99. The van der Waals surface area contributed by atoms with E-state index in [1.54, 1.807) is 0 Å². The predicted octanol–water partition coefficient (Wildman–Crippen LogP) is 3.51. The molecule has 1 amide bonds. The highest BCUT2D eigenvalue weighted by molar-refractivity contribution is 5.94. The van der Waals surface area contributed by atoms with Gasteiger partial charge in [-0.15, -0.1) is 12.4 Å². The molecule has 0 unspecified atom stereocenters. The van der Waals surface area contributed by atoms with Crippen LogP contribution in [0.25, 0.3) is 0 Å². The zero-order valence-electron chi connectivity index (χ0n) is 15.5. The first-order valence-electron chi connectivity index (χ1n) is 9.14. The van der Waals surface area contributed by atoms with Gasteiger partial charge in [0.05, 0.1) is 0 Å². The van der Waals surface area contributed by atoms with Crippen molar-refractivity contribution in [1.82, 2.24) is 10.6 Å². The minimum atomic E-state index is 0. The summed E-state index contributed by atoms with van der Waals surface area (Å²) in [6, 6.07) is 8.94. The first-order valence-corrected chi connectivity index (χ1v) is 9.14. The van der Waals surface area contributed by atoms with Gasteiger partial charge in [-0.25, -0.2) is 0 Å². The highest BCUT2D eigenvalue weighted by Crippen LogP contribution is 2.41. The van der Waals surface area contributed by atoms with Crippen LogP contribution < -0.4 is 10.6 Å². The topological polar surface area (TPSA) is 50.4 Å². The second-order valence-corrected chi connectivity index (χ2v) is 8.38. The molecule has 0 spiro atoms. The number of carbonyl (C=O) groups is 1. The van der Waals surface area contributed by atoms with Crippen LogP contribution in [0.3, 0.4) is 0 Å². The summed E-state index contributed by atoms with van der Waals surface area (Å²) in [5.41, 5.74) is 2.36. The molecule has 140 valence electrons. The summed E-state index contributed by atoms with van der Waals surface area (Å²) < 4.78 is 5.35. The third-order valence-electron chi connectivity index (χ3n) is 4.82. The van der Waals surface area contributed by atoms with Crippen LogP contribution in [0.2, 0.25) is 0 Å². The Kier molecular flexibility index (Phi) is 6.89.